The number of hydrogen-bond acceptors (Lipinski definition) is 4. The van der Waals surface area contributed by atoms with Gasteiger partial charge in [0.25, 0.3) is 0 Å². The number of anilines is 1. The Kier molecular flexibility index (Phi) is 2.23. The van der Waals surface area contributed by atoms with Gasteiger partial charge in [0.05, 0.1) is 12.1 Å². The molecule has 72 valence electrons. The number of hydrogen-bond donors (Lipinski definition) is 2. The van der Waals surface area contributed by atoms with E-state index in [1.807, 2.05) is 0 Å². The zero-order chi connectivity index (χ0) is 10.1. The highest BCUT2D eigenvalue weighted by Crippen LogP contribution is 2.21. The molecule has 4 N–H and O–H groups in total. The van der Waals surface area contributed by atoms with E-state index in [1.165, 1.54) is 0 Å². The second-order valence-electron chi connectivity index (χ2n) is 2.89. The van der Waals surface area contributed by atoms with Crippen molar-refractivity contribution in [3.05, 3.63) is 29.0 Å². The van der Waals surface area contributed by atoms with Crippen molar-refractivity contribution in [3.63, 3.8) is 0 Å². The fraction of sp³-hybridized carbons (Fsp3) is 0.111. The third-order valence-corrected chi connectivity index (χ3v) is 2.15. The van der Waals surface area contributed by atoms with Gasteiger partial charge in [0.1, 0.15) is 11.6 Å². The first-order chi connectivity index (χ1) is 6.70. The third-order valence-electron chi connectivity index (χ3n) is 1.92. The van der Waals surface area contributed by atoms with Crippen LogP contribution in [-0.4, -0.2) is 9.97 Å². The van der Waals surface area contributed by atoms with Gasteiger partial charge in [-0.3, -0.25) is 0 Å². The molecule has 1 aromatic heterocycles. The Morgan fingerprint density at radius 1 is 1.29 bits per heavy atom. The third kappa shape index (κ3) is 1.49. The van der Waals surface area contributed by atoms with Crippen molar-refractivity contribution in [1.82, 2.24) is 9.97 Å². The molecule has 2 aromatic rings. The second kappa shape index (κ2) is 3.40. The van der Waals surface area contributed by atoms with Gasteiger partial charge in [-0.2, -0.15) is 0 Å². The van der Waals surface area contributed by atoms with Crippen molar-refractivity contribution in [2.75, 3.05) is 5.73 Å². The Balaban J connectivity index is 2.77. The van der Waals surface area contributed by atoms with E-state index < -0.39 is 0 Å². The van der Waals surface area contributed by atoms with Crippen molar-refractivity contribution in [1.29, 1.82) is 0 Å². The van der Waals surface area contributed by atoms with Crippen LogP contribution in [0.15, 0.2) is 18.2 Å². The molecule has 1 aromatic carbocycles. The van der Waals surface area contributed by atoms with Crippen LogP contribution in [-0.2, 0) is 6.54 Å². The highest BCUT2D eigenvalue weighted by molar-refractivity contribution is 6.31. The summed E-state index contributed by atoms with van der Waals surface area (Å²) in [5, 5.41) is 1.42. The van der Waals surface area contributed by atoms with Gasteiger partial charge in [-0.1, -0.05) is 11.6 Å². The van der Waals surface area contributed by atoms with Crippen molar-refractivity contribution >= 4 is 28.3 Å². The first kappa shape index (κ1) is 9.18. The summed E-state index contributed by atoms with van der Waals surface area (Å²) >= 11 is 5.83. The average molecular weight is 209 g/mol. The average Bonchev–Trinajstić information content (AvgIpc) is 2.16. The summed E-state index contributed by atoms with van der Waals surface area (Å²) in [7, 11) is 0. The topological polar surface area (TPSA) is 77.8 Å². The van der Waals surface area contributed by atoms with Crippen molar-refractivity contribution in [2.45, 2.75) is 6.54 Å². The number of halogens is 1. The lowest BCUT2D eigenvalue weighted by molar-refractivity contribution is 0.931. The first-order valence-corrected chi connectivity index (χ1v) is 4.50. The molecule has 2 rings (SSSR count). The van der Waals surface area contributed by atoms with Gasteiger partial charge in [0.15, 0.2) is 0 Å². The zero-order valence-electron chi connectivity index (χ0n) is 7.37. The summed E-state index contributed by atoms with van der Waals surface area (Å²) in [6.07, 6.45) is 0. The summed E-state index contributed by atoms with van der Waals surface area (Å²) in [6.45, 7) is 0.270. The standard InChI is InChI=1S/C9H9ClN4/c10-5-1-2-6-7(3-5)13-8(4-11)14-9(6)12/h1-3H,4,11H2,(H2,12,13,14). The summed E-state index contributed by atoms with van der Waals surface area (Å²) < 4.78 is 0. The van der Waals surface area contributed by atoms with Crippen LogP contribution in [0.2, 0.25) is 5.02 Å². The van der Waals surface area contributed by atoms with Gasteiger partial charge >= 0.3 is 0 Å². The fourth-order valence-electron chi connectivity index (χ4n) is 1.27. The van der Waals surface area contributed by atoms with E-state index >= 15 is 0 Å². The number of rotatable bonds is 1. The number of nitrogen functional groups attached to an aromatic ring is 1. The number of aromatic nitrogens is 2. The molecule has 1 heterocycles. The Labute approximate surface area is 85.9 Å². The van der Waals surface area contributed by atoms with Crippen LogP contribution in [0.4, 0.5) is 5.82 Å². The predicted molar refractivity (Wildman–Crippen MR) is 56.9 cm³/mol. The van der Waals surface area contributed by atoms with Gasteiger partial charge < -0.3 is 11.5 Å². The molecule has 0 saturated carbocycles. The van der Waals surface area contributed by atoms with Crippen LogP contribution in [0.1, 0.15) is 5.82 Å². The molecule has 0 spiro atoms. The van der Waals surface area contributed by atoms with Crippen LogP contribution < -0.4 is 11.5 Å². The molecule has 0 fully saturated rings. The Morgan fingerprint density at radius 3 is 2.79 bits per heavy atom. The molecular formula is C9H9ClN4. The summed E-state index contributed by atoms with van der Waals surface area (Å²) in [5.41, 5.74) is 11.9. The van der Waals surface area contributed by atoms with Crippen LogP contribution in [0.3, 0.4) is 0 Å². The molecule has 0 aliphatic rings. The quantitative estimate of drug-likeness (QED) is 0.741. The van der Waals surface area contributed by atoms with E-state index in [2.05, 4.69) is 9.97 Å². The molecule has 0 atom stereocenters. The van der Waals surface area contributed by atoms with Gasteiger partial charge in [0.2, 0.25) is 0 Å². The Hall–Kier alpha value is -1.39. The fourth-order valence-corrected chi connectivity index (χ4v) is 1.43. The van der Waals surface area contributed by atoms with Crippen molar-refractivity contribution in [3.8, 4) is 0 Å². The van der Waals surface area contributed by atoms with Crippen LogP contribution in [0.5, 0.6) is 0 Å². The van der Waals surface area contributed by atoms with Crippen molar-refractivity contribution in [2.24, 2.45) is 5.73 Å². The van der Waals surface area contributed by atoms with Gasteiger partial charge in [-0.25, -0.2) is 9.97 Å². The Bertz CT molecular complexity index is 483. The van der Waals surface area contributed by atoms with E-state index in [9.17, 15) is 0 Å². The lowest BCUT2D eigenvalue weighted by Crippen LogP contribution is -2.05. The molecule has 0 amide bonds. The zero-order valence-corrected chi connectivity index (χ0v) is 8.12. The molecule has 5 heteroatoms. The number of fused-ring (bicyclic) bond motifs is 1. The Morgan fingerprint density at radius 2 is 2.07 bits per heavy atom. The van der Waals surface area contributed by atoms with E-state index in [-0.39, 0.29) is 6.54 Å². The van der Waals surface area contributed by atoms with E-state index in [4.69, 9.17) is 23.1 Å². The monoisotopic (exact) mass is 208 g/mol. The van der Waals surface area contributed by atoms with Gasteiger partial charge in [-0.15, -0.1) is 0 Å². The lowest BCUT2D eigenvalue weighted by Gasteiger charge is -2.03. The molecular weight excluding hydrogens is 200 g/mol. The highest BCUT2D eigenvalue weighted by Gasteiger charge is 2.03. The van der Waals surface area contributed by atoms with Gasteiger partial charge in [-0.05, 0) is 18.2 Å². The summed E-state index contributed by atoms with van der Waals surface area (Å²) in [6, 6.07) is 5.30. The van der Waals surface area contributed by atoms with Crippen LogP contribution in [0.25, 0.3) is 10.9 Å². The van der Waals surface area contributed by atoms with Crippen LogP contribution in [0, 0.1) is 0 Å². The molecule has 0 saturated heterocycles. The molecule has 0 aliphatic heterocycles. The highest BCUT2D eigenvalue weighted by atomic mass is 35.5. The minimum Gasteiger partial charge on any atom is -0.383 e. The molecule has 0 aliphatic carbocycles. The molecule has 4 nitrogen and oxygen atoms in total. The minimum absolute atomic E-state index is 0.270. The lowest BCUT2D eigenvalue weighted by atomic mass is 10.2. The summed E-state index contributed by atoms with van der Waals surface area (Å²) in [4.78, 5) is 8.26. The maximum absolute atomic E-state index is 5.83. The van der Waals surface area contributed by atoms with E-state index in [0.29, 0.717) is 16.7 Å². The number of nitrogens with two attached hydrogens (primary N) is 2. The molecule has 0 unspecified atom stereocenters. The number of nitrogens with zero attached hydrogens (tertiary/aromatic N) is 2. The second-order valence-corrected chi connectivity index (χ2v) is 3.33. The molecule has 14 heavy (non-hydrogen) atoms. The smallest absolute Gasteiger partial charge is 0.144 e. The van der Waals surface area contributed by atoms with Crippen LogP contribution >= 0.6 is 11.6 Å². The number of benzene rings is 1. The minimum atomic E-state index is 0.270. The molecule has 0 bridgehead atoms. The van der Waals surface area contributed by atoms with E-state index in [0.717, 1.165) is 10.9 Å². The SMILES string of the molecule is NCc1nc(N)c2ccc(Cl)cc2n1. The van der Waals surface area contributed by atoms with Crippen molar-refractivity contribution < 1.29 is 0 Å². The largest absolute Gasteiger partial charge is 0.383 e. The first-order valence-electron chi connectivity index (χ1n) is 4.12. The molecule has 0 radical (unpaired) electrons. The maximum atomic E-state index is 5.83. The normalized spacial score (nSPS) is 10.7. The van der Waals surface area contributed by atoms with Gasteiger partial charge in [0, 0.05) is 10.4 Å². The van der Waals surface area contributed by atoms with E-state index in [1.54, 1.807) is 18.2 Å². The summed E-state index contributed by atoms with van der Waals surface area (Å²) in [5.74, 6) is 0.962. The predicted octanol–water partition coefficient (Wildman–Crippen LogP) is 1.32. The maximum Gasteiger partial charge on any atom is 0.144 e.